The number of amides is 1. The van der Waals surface area contributed by atoms with Gasteiger partial charge in [-0.15, -0.1) is 0 Å². The lowest BCUT2D eigenvalue weighted by Crippen LogP contribution is -2.31. The van der Waals surface area contributed by atoms with Gasteiger partial charge in [-0.25, -0.2) is 0 Å². The summed E-state index contributed by atoms with van der Waals surface area (Å²) in [7, 11) is 0. The van der Waals surface area contributed by atoms with E-state index in [0.717, 1.165) is 30.4 Å². The number of benzene rings is 1. The van der Waals surface area contributed by atoms with Crippen molar-refractivity contribution >= 4 is 33.4 Å². The van der Waals surface area contributed by atoms with Gasteiger partial charge in [0.05, 0.1) is 5.02 Å². The van der Waals surface area contributed by atoms with Crippen LogP contribution in [0.1, 0.15) is 37.0 Å². The van der Waals surface area contributed by atoms with Gasteiger partial charge in [-0.3, -0.25) is 4.79 Å². The van der Waals surface area contributed by atoms with Crippen molar-refractivity contribution in [3.63, 3.8) is 0 Å². The first kappa shape index (κ1) is 14.5. The van der Waals surface area contributed by atoms with Crippen molar-refractivity contribution in [3.8, 4) is 0 Å². The van der Waals surface area contributed by atoms with Gasteiger partial charge in [0.25, 0.3) is 5.91 Å². The molecule has 0 bridgehead atoms. The molecule has 1 rings (SSSR count). The molecule has 1 amide bonds. The average molecular weight is 319 g/mol. The van der Waals surface area contributed by atoms with Gasteiger partial charge >= 0.3 is 0 Å². The SMILES string of the molecule is CCCCN(CC)C(=O)c1ccc(Br)c(Cl)c1. The molecule has 2 nitrogen and oxygen atoms in total. The monoisotopic (exact) mass is 317 g/mol. The van der Waals surface area contributed by atoms with Crippen molar-refractivity contribution in [2.45, 2.75) is 26.7 Å². The van der Waals surface area contributed by atoms with E-state index in [2.05, 4.69) is 22.9 Å². The van der Waals surface area contributed by atoms with Crippen molar-refractivity contribution < 1.29 is 4.79 Å². The molecule has 0 saturated carbocycles. The minimum absolute atomic E-state index is 0.0513. The van der Waals surface area contributed by atoms with Crippen LogP contribution >= 0.6 is 27.5 Å². The van der Waals surface area contributed by atoms with Crippen LogP contribution in [0.5, 0.6) is 0 Å². The third-order valence-corrected chi connectivity index (χ3v) is 3.85. The summed E-state index contributed by atoms with van der Waals surface area (Å²) in [5.41, 5.74) is 0.649. The highest BCUT2D eigenvalue weighted by Crippen LogP contribution is 2.23. The molecule has 0 aromatic heterocycles. The summed E-state index contributed by atoms with van der Waals surface area (Å²) in [5, 5.41) is 0.572. The quantitative estimate of drug-likeness (QED) is 0.789. The second-order valence-corrected chi connectivity index (χ2v) is 5.13. The molecule has 0 heterocycles. The van der Waals surface area contributed by atoms with Crippen molar-refractivity contribution in [1.82, 2.24) is 4.90 Å². The maximum absolute atomic E-state index is 12.2. The number of carbonyl (C=O) groups excluding carboxylic acids is 1. The molecule has 0 aliphatic heterocycles. The minimum atomic E-state index is 0.0513. The second kappa shape index (κ2) is 7.02. The Morgan fingerprint density at radius 1 is 1.41 bits per heavy atom. The Kier molecular flexibility index (Phi) is 6.00. The van der Waals surface area contributed by atoms with Gasteiger partial charge in [-0.1, -0.05) is 24.9 Å². The molecule has 1 aromatic rings. The van der Waals surface area contributed by atoms with E-state index in [0.29, 0.717) is 10.6 Å². The summed E-state index contributed by atoms with van der Waals surface area (Å²) < 4.78 is 0.812. The third-order valence-electron chi connectivity index (χ3n) is 2.62. The lowest BCUT2D eigenvalue weighted by Gasteiger charge is -2.20. The summed E-state index contributed by atoms with van der Waals surface area (Å²) in [6.45, 7) is 5.65. The fourth-order valence-electron chi connectivity index (χ4n) is 1.56. The lowest BCUT2D eigenvalue weighted by atomic mass is 10.2. The molecule has 0 aliphatic carbocycles. The Bertz CT molecular complexity index is 395. The van der Waals surface area contributed by atoms with Crippen LogP contribution < -0.4 is 0 Å². The highest BCUT2D eigenvalue weighted by Gasteiger charge is 2.14. The molecule has 0 fully saturated rings. The van der Waals surface area contributed by atoms with Gasteiger partial charge in [0, 0.05) is 23.1 Å². The normalized spacial score (nSPS) is 10.4. The maximum Gasteiger partial charge on any atom is 0.253 e. The van der Waals surface area contributed by atoms with Crippen LogP contribution in [0.15, 0.2) is 22.7 Å². The molecule has 0 atom stereocenters. The third kappa shape index (κ3) is 4.00. The van der Waals surface area contributed by atoms with Gasteiger partial charge in [-0.2, -0.15) is 0 Å². The number of nitrogens with zero attached hydrogens (tertiary/aromatic N) is 1. The van der Waals surface area contributed by atoms with Crippen molar-refractivity contribution in [3.05, 3.63) is 33.3 Å². The van der Waals surface area contributed by atoms with E-state index < -0.39 is 0 Å². The molecular weight excluding hydrogens is 302 g/mol. The summed E-state index contributed by atoms with van der Waals surface area (Å²) in [6, 6.07) is 5.32. The topological polar surface area (TPSA) is 20.3 Å². The second-order valence-electron chi connectivity index (χ2n) is 3.87. The van der Waals surface area contributed by atoms with Crippen LogP contribution in [-0.2, 0) is 0 Å². The van der Waals surface area contributed by atoms with E-state index in [1.54, 1.807) is 12.1 Å². The molecule has 0 radical (unpaired) electrons. The zero-order chi connectivity index (χ0) is 12.8. The van der Waals surface area contributed by atoms with Gasteiger partial charge in [0.1, 0.15) is 0 Å². The van der Waals surface area contributed by atoms with E-state index >= 15 is 0 Å². The Balaban J connectivity index is 2.82. The van der Waals surface area contributed by atoms with Gasteiger partial charge < -0.3 is 4.90 Å². The number of carbonyl (C=O) groups is 1. The number of rotatable bonds is 5. The molecule has 0 saturated heterocycles. The van der Waals surface area contributed by atoms with E-state index in [9.17, 15) is 4.79 Å². The summed E-state index contributed by atoms with van der Waals surface area (Å²) in [4.78, 5) is 14.0. The number of unbranched alkanes of at least 4 members (excludes halogenated alkanes) is 1. The van der Waals surface area contributed by atoms with Crippen molar-refractivity contribution in [2.24, 2.45) is 0 Å². The standard InChI is InChI=1S/C13H17BrClNO/c1-3-5-8-16(4-2)13(17)10-6-7-11(14)12(15)9-10/h6-7,9H,3-5,8H2,1-2H3. The molecule has 0 unspecified atom stereocenters. The summed E-state index contributed by atoms with van der Waals surface area (Å²) >= 11 is 9.31. The zero-order valence-electron chi connectivity index (χ0n) is 10.2. The van der Waals surface area contributed by atoms with Crippen LogP contribution in [0.4, 0.5) is 0 Å². The molecule has 0 spiro atoms. The van der Waals surface area contributed by atoms with E-state index in [1.165, 1.54) is 0 Å². The van der Waals surface area contributed by atoms with E-state index in [-0.39, 0.29) is 5.91 Å². The van der Waals surface area contributed by atoms with Crippen LogP contribution in [0, 0.1) is 0 Å². The molecule has 1 aromatic carbocycles. The van der Waals surface area contributed by atoms with Gasteiger partial charge in [0.2, 0.25) is 0 Å². The van der Waals surface area contributed by atoms with Crippen LogP contribution in [0.3, 0.4) is 0 Å². The number of hydrogen-bond donors (Lipinski definition) is 0. The summed E-state index contributed by atoms with van der Waals surface area (Å²) in [5.74, 6) is 0.0513. The molecule has 0 N–H and O–H groups in total. The van der Waals surface area contributed by atoms with Gasteiger partial charge in [-0.05, 0) is 47.5 Å². The molecule has 0 aliphatic rings. The van der Waals surface area contributed by atoms with Crippen molar-refractivity contribution in [1.29, 1.82) is 0 Å². The highest BCUT2D eigenvalue weighted by atomic mass is 79.9. The first-order valence-electron chi connectivity index (χ1n) is 5.84. The van der Waals surface area contributed by atoms with Crippen LogP contribution in [0.25, 0.3) is 0 Å². The highest BCUT2D eigenvalue weighted by molar-refractivity contribution is 9.10. The molecule has 17 heavy (non-hydrogen) atoms. The Hall–Kier alpha value is -0.540. The molecule has 94 valence electrons. The first-order chi connectivity index (χ1) is 8.10. The fourth-order valence-corrected chi connectivity index (χ4v) is 1.99. The van der Waals surface area contributed by atoms with Crippen LogP contribution in [0.2, 0.25) is 5.02 Å². The number of hydrogen-bond acceptors (Lipinski definition) is 1. The first-order valence-corrected chi connectivity index (χ1v) is 7.01. The zero-order valence-corrected chi connectivity index (χ0v) is 12.5. The Morgan fingerprint density at radius 3 is 2.65 bits per heavy atom. The fraction of sp³-hybridized carbons (Fsp3) is 0.462. The smallest absolute Gasteiger partial charge is 0.253 e. The van der Waals surface area contributed by atoms with Gasteiger partial charge in [0.15, 0.2) is 0 Å². The average Bonchev–Trinajstić information content (AvgIpc) is 2.33. The predicted octanol–water partition coefficient (Wildman–Crippen LogP) is 4.36. The molecule has 4 heteroatoms. The molecular formula is C13H17BrClNO. The van der Waals surface area contributed by atoms with Crippen molar-refractivity contribution in [2.75, 3.05) is 13.1 Å². The Labute approximate surface area is 116 Å². The number of halogens is 2. The largest absolute Gasteiger partial charge is 0.339 e. The Morgan fingerprint density at radius 2 is 2.12 bits per heavy atom. The minimum Gasteiger partial charge on any atom is -0.339 e. The maximum atomic E-state index is 12.2. The lowest BCUT2D eigenvalue weighted by molar-refractivity contribution is 0.0762. The summed E-state index contributed by atoms with van der Waals surface area (Å²) in [6.07, 6.45) is 2.12. The predicted molar refractivity (Wildman–Crippen MR) is 75.6 cm³/mol. The van der Waals surface area contributed by atoms with E-state index in [1.807, 2.05) is 17.9 Å². The van der Waals surface area contributed by atoms with Crippen LogP contribution in [-0.4, -0.2) is 23.9 Å². The van der Waals surface area contributed by atoms with E-state index in [4.69, 9.17) is 11.6 Å².